The van der Waals surface area contributed by atoms with E-state index in [2.05, 4.69) is 30.1 Å². The van der Waals surface area contributed by atoms with E-state index in [0.29, 0.717) is 17.7 Å². The monoisotopic (exact) mass is 263 g/mol. The summed E-state index contributed by atoms with van der Waals surface area (Å²) in [4.78, 5) is 0. The highest BCUT2D eigenvalue weighted by Crippen LogP contribution is 2.32. The van der Waals surface area contributed by atoms with Crippen molar-refractivity contribution in [1.82, 2.24) is 10.2 Å². The van der Waals surface area contributed by atoms with E-state index in [1.165, 1.54) is 16.9 Å². The van der Waals surface area contributed by atoms with E-state index < -0.39 is 0 Å². The summed E-state index contributed by atoms with van der Waals surface area (Å²) in [5.41, 5.74) is 6.71. The topological polar surface area (TPSA) is 61.0 Å². The first-order valence-electron chi connectivity index (χ1n) is 6.03. The van der Waals surface area contributed by atoms with Gasteiger partial charge in [0.1, 0.15) is 10.8 Å². The van der Waals surface area contributed by atoms with Gasteiger partial charge in [0.2, 0.25) is 0 Å². The van der Waals surface area contributed by atoms with Crippen molar-refractivity contribution in [2.24, 2.45) is 5.73 Å². The Morgan fingerprint density at radius 2 is 2.11 bits per heavy atom. The van der Waals surface area contributed by atoms with Crippen molar-refractivity contribution in [3.8, 4) is 10.9 Å². The van der Waals surface area contributed by atoms with Crippen LogP contribution in [0.5, 0.6) is 10.9 Å². The number of aromatic nitrogens is 2. The largest absolute Gasteiger partial charge is 0.429 e. The SMILES string of the molecule is CCC(C)c1ccccc1Oc1nnc(CN)s1. The molecular formula is C13H17N3OS. The minimum atomic E-state index is 0.397. The van der Waals surface area contributed by atoms with Crippen molar-refractivity contribution < 1.29 is 4.74 Å². The van der Waals surface area contributed by atoms with E-state index in [1.807, 2.05) is 18.2 Å². The molecule has 0 spiro atoms. The summed E-state index contributed by atoms with van der Waals surface area (Å²) in [6, 6.07) is 8.05. The van der Waals surface area contributed by atoms with Gasteiger partial charge < -0.3 is 10.5 Å². The van der Waals surface area contributed by atoms with Gasteiger partial charge in [0.05, 0.1) is 0 Å². The van der Waals surface area contributed by atoms with Crippen LogP contribution in [0.15, 0.2) is 24.3 Å². The van der Waals surface area contributed by atoms with Gasteiger partial charge in [-0.25, -0.2) is 0 Å². The number of nitrogens with two attached hydrogens (primary N) is 1. The summed E-state index contributed by atoms with van der Waals surface area (Å²) in [6.07, 6.45) is 1.07. The van der Waals surface area contributed by atoms with Gasteiger partial charge in [-0.15, -0.1) is 5.10 Å². The predicted molar refractivity (Wildman–Crippen MR) is 73.0 cm³/mol. The highest BCUT2D eigenvalue weighted by atomic mass is 32.1. The van der Waals surface area contributed by atoms with Crippen LogP contribution >= 0.6 is 11.3 Å². The van der Waals surface area contributed by atoms with Crippen molar-refractivity contribution in [2.45, 2.75) is 32.7 Å². The standard InChI is InChI=1S/C13H17N3OS/c1-3-9(2)10-6-4-5-7-11(10)17-13-16-15-12(8-14)18-13/h4-7,9H,3,8,14H2,1-2H3. The lowest BCUT2D eigenvalue weighted by Crippen LogP contribution is -1.95. The van der Waals surface area contributed by atoms with Gasteiger partial charge in [-0.1, -0.05) is 48.5 Å². The molecule has 18 heavy (non-hydrogen) atoms. The summed E-state index contributed by atoms with van der Waals surface area (Å²) in [5.74, 6) is 1.31. The molecule has 1 aromatic carbocycles. The second-order valence-electron chi connectivity index (χ2n) is 4.12. The summed E-state index contributed by atoms with van der Waals surface area (Å²) in [7, 11) is 0. The first-order valence-corrected chi connectivity index (χ1v) is 6.85. The van der Waals surface area contributed by atoms with Crippen LogP contribution in [-0.2, 0) is 6.54 Å². The maximum atomic E-state index is 5.80. The number of rotatable bonds is 5. The fraction of sp³-hybridized carbons (Fsp3) is 0.385. The maximum Gasteiger partial charge on any atom is 0.299 e. The molecule has 1 atom stereocenters. The van der Waals surface area contributed by atoms with Gasteiger partial charge in [-0.3, -0.25) is 0 Å². The summed E-state index contributed by atoms with van der Waals surface area (Å²) < 4.78 is 5.80. The molecule has 0 saturated heterocycles. The highest BCUT2D eigenvalue weighted by Gasteiger charge is 2.12. The van der Waals surface area contributed by atoms with E-state index >= 15 is 0 Å². The van der Waals surface area contributed by atoms with Crippen LogP contribution in [-0.4, -0.2) is 10.2 Å². The predicted octanol–water partition coefficient (Wildman–Crippen LogP) is 3.30. The molecular weight excluding hydrogens is 246 g/mol. The lowest BCUT2D eigenvalue weighted by atomic mass is 9.98. The summed E-state index contributed by atoms with van der Waals surface area (Å²) in [5, 5.41) is 9.25. The molecule has 1 heterocycles. The Hall–Kier alpha value is -1.46. The first-order chi connectivity index (χ1) is 8.74. The molecule has 2 aromatic rings. The summed E-state index contributed by atoms with van der Waals surface area (Å²) in [6.45, 7) is 4.75. The minimum absolute atomic E-state index is 0.397. The molecule has 0 saturated carbocycles. The number of hydrogen-bond acceptors (Lipinski definition) is 5. The number of ether oxygens (including phenoxy) is 1. The van der Waals surface area contributed by atoms with Crippen LogP contribution in [0, 0.1) is 0 Å². The van der Waals surface area contributed by atoms with Crippen LogP contribution in [0.1, 0.15) is 36.8 Å². The molecule has 0 fully saturated rings. The molecule has 1 aromatic heterocycles. The molecule has 4 nitrogen and oxygen atoms in total. The van der Waals surface area contributed by atoms with Crippen molar-refractivity contribution in [3.63, 3.8) is 0 Å². The molecule has 1 unspecified atom stereocenters. The quantitative estimate of drug-likeness (QED) is 0.899. The van der Waals surface area contributed by atoms with E-state index in [4.69, 9.17) is 10.5 Å². The maximum absolute atomic E-state index is 5.80. The molecule has 0 aliphatic heterocycles. The second kappa shape index (κ2) is 5.93. The molecule has 0 amide bonds. The fourth-order valence-corrected chi connectivity index (χ4v) is 2.24. The molecule has 2 rings (SSSR count). The van der Waals surface area contributed by atoms with Crippen LogP contribution in [0.2, 0.25) is 0 Å². The van der Waals surface area contributed by atoms with E-state index in [9.17, 15) is 0 Å². The van der Waals surface area contributed by atoms with E-state index in [-0.39, 0.29) is 0 Å². The van der Waals surface area contributed by atoms with Gasteiger partial charge in [-0.05, 0) is 24.0 Å². The van der Waals surface area contributed by atoms with Crippen molar-refractivity contribution >= 4 is 11.3 Å². The van der Waals surface area contributed by atoms with Gasteiger partial charge >= 0.3 is 0 Å². The Morgan fingerprint density at radius 3 is 2.78 bits per heavy atom. The molecule has 0 aliphatic rings. The van der Waals surface area contributed by atoms with Gasteiger partial charge in [0, 0.05) is 6.54 Å². The average Bonchev–Trinajstić information content (AvgIpc) is 2.86. The van der Waals surface area contributed by atoms with Crippen LogP contribution in [0.25, 0.3) is 0 Å². The Balaban J connectivity index is 2.23. The molecule has 2 N–H and O–H groups in total. The third-order valence-electron chi connectivity index (χ3n) is 2.88. The minimum Gasteiger partial charge on any atom is -0.429 e. The first kappa shape index (κ1) is 13.0. The number of nitrogens with zero attached hydrogens (tertiary/aromatic N) is 2. The number of hydrogen-bond donors (Lipinski definition) is 1. The Morgan fingerprint density at radius 1 is 1.33 bits per heavy atom. The number of para-hydroxylation sites is 1. The van der Waals surface area contributed by atoms with Crippen molar-refractivity contribution in [3.05, 3.63) is 34.8 Å². The zero-order valence-electron chi connectivity index (χ0n) is 10.6. The summed E-state index contributed by atoms with van der Waals surface area (Å²) >= 11 is 1.39. The average molecular weight is 263 g/mol. The van der Waals surface area contributed by atoms with Crippen molar-refractivity contribution in [1.29, 1.82) is 0 Å². The van der Waals surface area contributed by atoms with Crippen molar-refractivity contribution in [2.75, 3.05) is 0 Å². The fourth-order valence-electron chi connectivity index (χ4n) is 1.66. The zero-order chi connectivity index (χ0) is 13.0. The molecule has 5 heteroatoms. The molecule has 0 aliphatic carbocycles. The Bertz CT molecular complexity index is 512. The molecule has 0 bridgehead atoms. The van der Waals surface area contributed by atoms with Crippen LogP contribution < -0.4 is 10.5 Å². The zero-order valence-corrected chi connectivity index (χ0v) is 11.4. The van der Waals surface area contributed by atoms with Gasteiger partial charge in [-0.2, -0.15) is 0 Å². The normalized spacial score (nSPS) is 12.4. The Labute approximate surface area is 111 Å². The van der Waals surface area contributed by atoms with Crippen LogP contribution in [0.4, 0.5) is 0 Å². The van der Waals surface area contributed by atoms with E-state index in [1.54, 1.807) is 0 Å². The highest BCUT2D eigenvalue weighted by molar-refractivity contribution is 7.13. The van der Waals surface area contributed by atoms with Gasteiger partial charge in [0.15, 0.2) is 0 Å². The lowest BCUT2D eigenvalue weighted by molar-refractivity contribution is 0.461. The van der Waals surface area contributed by atoms with Gasteiger partial charge in [0.25, 0.3) is 5.19 Å². The molecule has 96 valence electrons. The van der Waals surface area contributed by atoms with E-state index in [0.717, 1.165) is 17.2 Å². The number of benzene rings is 1. The smallest absolute Gasteiger partial charge is 0.299 e. The second-order valence-corrected chi connectivity index (χ2v) is 5.14. The molecule has 0 radical (unpaired) electrons. The Kier molecular flexibility index (Phi) is 4.28. The third-order valence-corrected chi connectivity index (χ3v) is 3.71. The third kappa shape index (κ3) is 2.86. The van der Waals surface area contributed by atoms with Crippen LogP contribution in [0.3, 0.4) is 0 Å². The lowest BCUT2D eigenvalue weighted by Gasteiger charge is -2.13.